The van der Waals surface area contributed by atoms with E-state index >= 15 is 0 Å². The lowest BCUT2D eigenvalue weighted by Crippen LogP contribution is -2.58. The number of nitrogens with zero attached hydrogens (tertiary/aromatic N) is 1. The molecule has 5 heteroatoms. The van der Waals surface area contributed by atoms with E-state index in [1.165, 1.54) is 4.90 Å². The van der Waals surface area contributed by atoms with Gasteiger partial charge in [-0.25, -0.2) is 9.59 Å². The second kappa shape index (κ2) is 6.67. The van der Waals surface area contributed by atoms with Gasteiger partial charge in [-0.2, -0.15) is 0 Å². The predicted octanol–water partition coefficient (Wildman–Crippen LogP) is 3.22. The first-order valence-electron chi connectivity index (χ1n) is 7.71. The average molecular weight is 299 g/mol. The van der Waals surface area contributed by atoms with Crippen LogP contribution in [0.3, 0.4) is 0 Å². The highest BCUT2D eigenvalue weighted by Crippen LogP contribution is 2.25. The summed E-state index contributed by atoms with van der Waals surface area (Å²) in [7, 11) is 0. The first-order chi connectivity index (χ1) is 9.51. The van der Waals surface area contributed by atoms with Gasteiger partial charge in [0.05, 0.1) is 6.54 Å². The van der Waals surface area contributed by atoms with Gasteiger partial charge in [-0.1, -0.05) is 27.7 Å². The maximum absolute atomic E-state index is 12.4. The molecular formula is C16H29NO4. The molecular weight excluding hydrogens is 270 g/mol. The Kier molecular flexibility index (Phi) is 5.65. The molecule has 0 aromatic rings. The van der Waals surface area contributed by atoms with Gasteiger partial charge in [0.15, 0.2) is 0 Å². The molecule has 1 heterocycles. The van der Waals surface area contributed by atoms with Crippen LogP contribution in [0.5, 0.6) is 0 Å². The standard InChI is InChI=1S/C16H29NO4/c1-10(2)8-12-9-17(15(19)21-16(5,6)7)13(11(3)4)14(18)20-12/h10-13H,8-9H2,1-7H3/t12-,13-/m0/s1. The van der Waals surface area contributed by atoms with Crippen molar-refractivity contribution in [1.29, 1.82) is 0 Å². The lowest BCUT2D eigenvalue weighted by Gasteiger charge is -2.40. The molecule has 0 saturated carbocycles. The molecule has 21 heavy (non-hydrogen) atoms. The summed E-state index contributed by atoms with van der Waals surface area (Å²) in [5.41, 5.74) is -0.576. The molecule has 1 aliphatic heterocycles. The van der Waals surface area contributed by atoms with Crippen molar-refractivity contribution in [2.75, 3.05) is 6.54 Å². The van der Waals surface area contributed by atoms with Gasteiger partial charge in [-0.3, -0.25) is 4.90 Å². The molecule has 0 aromatic carbocycles. The minimum Gasteiger partial charge on any atom is -0.459 e. The molecule has 0 bridgehead atoms. The Morgan fingerprint density at radius 1 is 1.33 bits per heavy atom. The molecule has 0 unspecified atom stereocenters. The number of morpholine rings is 1. The molecule has 0 N–H and O–H groups in total. The normalized spacial score (nSPS) is 23.5. The van der Waals surface area contributed by atoms with Gasteiger partial charge in [-0.05, 0) is 39.0 Å². The Balaban J connectivity index is 2.91. The van der Waals surface area contributed by atoms with E-state index in [1.807, 2.05) is 34.6 Å². The Hall–Kier alpha value is -1.26. The van der Waals surface area contributed by atoms with E-state index in [-0.39, 0.29) is 18.0 Å². The molecule has 1 aliphatic rings. The van der Waals surface area contributed by atoms with Crippen molar-refractivity contribution >= 4 is 12.1 Å². The maximum atomic E-state index is 12.4. The highest BCUT2D eigenvalue weighted by Gasteiger charge is 2.42. The predicted molar refractivity (Wildman–Crippen MR) is 80.9 cm³/mol. The summed E-state index contributed by atoms with van der Waals surface area (Å²) in [5.74, 6) is 0.0664. The third kappa shape index (κ3) is 5.21. The van der Waals surface area contributed by atoms with Crippen molar-refractivity contribution in [2.24, 2.45) is 11.8 Å². The molecule has 1 amide bonds. The van der Waals surface area contributed by atoms with Gasteiger partial charge in [0.2, 0.25) is 0 Å². The van der Waals surface area contributed by atoms with E-state index < -0.39 is 17.7 Å². The molecule has 5 nitrogen and oxygen atoms in total. The van der Waals surface area contributed by atoms with E-state index in [0.29, 0.717) is 12.5 Å². The lowest BCUT2D eigenvalue weighted by molar-refractivity contribution is -0.168. The van der Waals surface area contributed by atoms with Gasteiger partial charge >= 0.3 is 12.1 Å². The molecule has 0 radical (unpaired) electrons. The van der Waals surface area contributed by atoms with Crippen LogP contribution < -0.4 is 0 Å². The molecule has 122 valence electrons. The quantitative estimate of drug-likeness (QED) is 0.751. The SMILES string of the molecule is CC(C)C[C@H]1CN(C(=O)OC(C)(C)C)[C@@H](C(C)C)C(=O)O1. The average Bonchev–Trinajstić information content (AvgIpc) is 2.23. The second-order valence-corrected chi connectivity index (χ2v) is 7.51. The van der Waals surface area contributed by atoms with Crippen LogP contribution >= 0.6 is 0 Å². The number of carbonyl (C=O) groups is 2. The number of hydrogen-bond acceptors (Lipinski definition) is 4. The zero-order valence-corrected chi connectivity index (χ0v) is 14.3. The summed E-state index contributed by atoms with van der Waals surface area (Å²) in [6.07, 6.45) is 0.0576. The van der Waals surface area contributed by atoms with Crippen molar-refractivity contribution in [3.05, 3.63) is 0 Å². The number of amides is 1. The Bertz CT molecular complexity index is 384. The maximum Gasteiger partial charge on any atom is 0.411 e. The van der Waals surface area contributed by atoms with Crippen LogP contribution in [-0.2, 0) is 14.3 Å². The molecule has 2 atom stereocenters. The Morgan fingerprint density at radius 2 is 1.90 bits per heavy atom. The van der Waals surface area contributed by atoms with Gasteiger partial charge in [0.25, 0.3) is 0 Å². The number of esters is 1. The zero-order chi connectivity index (χ0) is 16.4. The highest BCUT2D eigenvalue weighted by molar-refractivity contribution is 5.83. The van der Waals surface area contributed by atoms with Gasteiger partial charge < -0.3 is 9.47 Å². The third-order valence-corrected chi connectivity index (χ3v) is 3.25. The Labute approximate surface area is 128 Å². The van der Waals surface area contributed by atoms with E-state index in [4.69, 9.17) is 9.47 Å². The first-order valence-corrected chi connectivity index (χ1v) is 7.71. The van der Waals surface area contributed by atoms with E-state index in [2.05, 4.69) is 13.8 Å². The van der Waals surface area contributed by atoms with E-state index in [9.17, 15) is 9.59 Å². The summed E-state index contributed by atoms with van der Waals surface area (Å²) in [6.45, 7) is 13.8. The summed E-state index contributed by atoms with van der Waals surface area (Å²) in [4.78, 5) is 26.2. The van der Waals surface area contributed by atoms with Crippen molar-refractivity contribution in [2.45, 2.75) is 72.6 Å². The van der Waals surface area contributed by atoms with Crippen molar-refractivity contribution in [1.82, 2.24) is 4.90 Å². The topological polar surface area (TPSA) is 55.8 Å². The minimum atomic E-state index is -0.576. The summed E-state index contributed by atoms with van der Waals surface area (Å²) in [5, 5.41) is 0. The lowest BCUT2D eigenvalue weighted by atomic mass is 9.98. The molecule has 1 saturated heterocycles. The molecule has 0 aliphatic carbocycles. The summed E-state index contributed by atoms with van der Waals surface area (Å²) >= 11 is 0. The number of carbonyl (C=O) groups excluding carboxylic acids is 2. The van der Waals surface area contributed by atoms with Crippen LogP contribution in [0.2, 0.25) is 0 Å². The van der Waals surface area contributed by atoms with E-state index in [0.717, 1.165) is 6.42 Å². The van der Waals surface area contributed by atoms with Crippen LogP contribution in [0.15, 0.2) is 0 Å². The number of hydrogen-bond donors (Lipinski definition) is 0. The zero-order valence-electron chi connectivity index (χ0n) is 14.3. The van der Waals surface area contributed by atoms with Gasteiger partial charge in [0, 0.05) is 0 Å². The molecule has 0 aromatic heterocycles. The van der Waals surface area contributed by atoms with Gasteiger partial charge in [0.1, 0.15) is 17.7 Å². The molecule has 1 rings (SSSR count). The van der Waals surface area contributed by atoms with Crippen molar-refractivity contribution in [3.63, 3.8) is 0 Å². The first kappa shape index (κ1) is 17.8. The van der Waals surface area contributed by atoms with Gasteiger partial charge in [-0.15, -0.1) is 0 Å². The number of rotatable bonds is 3. The van der Waals surface area contributed by atoms with Crippen molar-refractivity contribution < 1.29 is 19.1 Å². The van der Waals surface area contributed by atoms with Crippen LogP contribution in [0, 0.1) is 11.8 Å². The molecule has 0 spiro atoms. The van der Waals surface area contributed by atoms with Crippen LogP contribution in [0.1, 0.15) is 54.9 Å². The van der Waals surface area contributed by atoms with E-state index in [1.54, 1.807) is 0 Å². The van der Waals surface area contributed by atoms with Crippen molar-refractivity contribution in [3.8, 4) is 0 Å². The smallest absolute Gasteiger partial charge is 0.411 e. The summed E-state index contributed by atoms with van der Waals surface area (Å²) < 4.78 is 10.9. The fourth-order valence-electron chi connectivity index (χ4n) is 2.52. The number of cyclic esters (lactones) is 1. The largest absolute Gasteiger partial charge is 0.459 e. The highest BCUT2D eigenvalue weighted by atomic mass is 16.6. The Morgan fingerprint density at radius 3 is 2.33 bits per heavy atom. The summed E-state index contributed by atoms with van der Waals surface area (Å²) in [6, 6.07) is -0.566. The third-order valence-electron chi connectivity index (χ3n) is 3.25. The second-order valence-electron chi connectivity index (χ2n) is 7.51. The number of ether oxygens (including phenoxy) is 2. The fourth-order valence-corrected chi connectivity index (χ4v) is 2.52. The van der Waals surface area contributed by atoms with Crippen LogP contribution in [0.25, 0.3) is 0 Å². The van der Waals surface area contributed by atoms with Crippen LogP contribution in [-0.4, -0.2) is 41.3 Å². The molecule has 1 fully saturated rings. The van der Waals surface area contributed by atoms with Crippen LogP contribution in [0.4, 0.5) is 4.79 Å². The fraction of sp³-hybridized carbons (Fsp3) is 0.875. The monoisotopic (exact) mass is 299 g/mol. The minimum absolute atomic E-state index is 0.00924.